The van der Waals surface area contributed by atoms with Gasteiger partial charge in [-0.1, -0.05) is 41.6 Å². The summed E-state index contributed by atoms with van der Waals surface area (Å²) in [7, 11) is -1.03. The summed E-state index contributed by atoms with van der Waals surface area (Å²) < 4.78 is 26.5. The Hall–Kier alpha value is -1.09. The molecule has 0 amide bonds. The second-order valence-electron chi connectivity index (χ2n) is 6.12. The average Bonchev–Trinajstić information content (AvgIpc) is 3.22. The van der Waals surface area contributed by atoms with E-state index >= 15 is 0 Å². The standard InChI is InChI=1S/C16H16ClN3O2S3/c1-20-15(10-6-7-25(21,22)9-10)18-19-16(20)23-8-13-14(17)11-4-2-3-5-12(11)24-13/h2-5,10H,6-9H2,1H3. The fraction of sp³-hybridized carbons (Fsp3) is 0.375. The molecule has 1 saturated heterocycles. The normalized spacial score (nSPS) is 19.7. The first-order valence-corrected chi connectivity index (χ1v) is 11.8. The van der Waals surface area contributed by atoms with Crippen molar-refractivity contribution in [3.05, 3.63) is 40.0 Å². The maximum absolute atomic E-state index is 11.7. The Morgan fingerprint density at radius 1 is 1.36 bits per heavy atom. The van der Waals surface area contributed by atoms with E-state index in [1.807, 2.05) is 29.8 Å². The fourth-order valence-corrected chi connectivity index (χ4v) is 7.41. The zero-order valence-electron chi connectivity index (χ0n) is 13.5. The van der Waals surface area contributed by atoms with E-state index in [1.165, 1.54) is 4.70 Å². The van der Waals surface area contributed by atoms with Crippen LogP contribution in [-0.2, 0) is 22.6 Å². The molecule has 3 heterocycles. The molecule has 0 bridgehead atoms. The monoisotopic (exact) mass is 413 g/mol. The number of thioether (sulfide) groups is 1. The molecule has 0 saturated carbocycles. The number of hydrogen-bond donors (Lipinski definition) is 0. The molecule has 1 aromatic carbocycles. The Kier molecular flexibility index (Phi) is 4.56. The van der Waals surface area contributed by atoms with Crippen LogP contribution in [0.15, 0.2) is 29.4 Å². The Balaban J connectivity index is 1.53. The number of sulfone groups is 1. The first kappa shape index (κ1) is 17.3. The molecule has 3 aromatic rings. The summed E-state index contributed by atoms with van der Waals surface area (Å²) in [5, 5.41) is 11.2. The van der Waals surface area contributed by atoms with Gasteiger partial charge in [0.05, 0.1) is 16.5 Å². The van der Waals surface area contributed by atoms with Gasteiger partial charge in [-0.15, -0.1) is 21.5 Å². The predicted molar refractivity (Wildman–Crippen MR) is 103 cm³/mol. The van der Waals surface area contributed by atoms with Gasteiger partial charge in [-0.3, -0.25) is 0 Å². The molecule has 1 unspecified atom stereocenters. The van der Waals surface area contributed by atoms with Crippen molar-refractivity contribution in [3.63, 3.8) is 0 Å². The average molecular weight is 414 g/mol. The summed E-state index contributed by atoms with van der Waals surface area (Å²) in [5.74, 6) is 1.83. The molecule has 0 N–H and O–H groups in total. The van der Waals surface area contributed by atoms with Crippen molar-refractivity contribution in [2.75, 3.05) is 11.5 Å². The number of rotatable bonds is 4. The largest absolute Gasteiger partial charge is 0.309 e. The van der Waals surface area contributed by atoms with Crippen LogP contribution in [0.5, 0.6) is 0 Å². The zero-order valence-corrected chi connectivity index (χ0v) is 16.7. The van der Waals surface area contributed by atoms with Gasteiger partial charge in [0.25, 0.3) is 0 Å². The van der Waals surface area contributed by atoms with Gasteiger partial charge >= 0.3 is 0 Å². The summed E-state index contributed by atoms with van der Waals surface area (Å²) in [6.07, 6.45) is 0.626. The summed E-state index contributed by atoms with van der Waals surface area (Å²) >= 11 is 9.76. The highest BCUT2D eigenvalue weighted by Gasteiger charge is 2.32. The van der Waals surface area contributed by atoms with Gasteiger partial charge < -0.3 is 4.57 Å². The number of nitrogens with zero attached hydrogens (tertiary/aromatic N) is 3. The van der Waals surface area contributed by atoms with Crippen LogP contribution in [-0.4, -0.2) is 34.7 Å². The van der Waals surface area contributed by atoms with Crippen molar-refractivity contribution in [2.45, 2.75) is 23.2 Å². The van der Waals surface area contributed by atoms with E-state index in [0.717, 1.165) is 26.3 Å². The first-order chi connectivity index (χ1) is 11.9. The molecule has 132 valence electrons. The number of fused-ring (bicyclic) bond motifs is 1. The Morgan fingerprint density at radius 2 is 2.16 bits per heavy atom. The number of aromatic nitrogens is 3. The molecule has 1 aliphatic heterocycles. The Bertz CT molecular complexity index is 1040. The van der Waals surface area contributed by atoms with Gasteiger partial charge in [0.2, 0.25) is 0 Å². The molecule has 0 radical (unpaired) electrons. The topological polar surface area (TPSA) is 64.8 Å². The van der Waals surface area contributed by atoms with Gasteiger partial charge in [0.1, 0.15) is 5.82 Å². The summed E-state index contributed by atoms with van der Waals surface area (Å²) in [4.78, 5) is 1.11. The SMILES string of the molecule is Cn1c(SCc2sc3ccccc3c2Cl)nnc1C1CCS(=O)(=O)C1. The van der Waals surface area contributed by atoms with Crippen molar-refractivity contribution in [2.24, 2.45) is 7.05 Å². The van der Waals surface area contributed by atoms with Gasteiger partial charge in [-0.25, -0.2) is 8.42 Å². The third kappa shape index (κ3) is 3.32. The van der Waals surface area contributed by atoms with Crippen molar-refractivity contribution in [3.8, 4) is 0 Å². The van der Waals surface area contributed by atoms with Crippen LogP contribution in [0.4, 0.5) is 0 Å². The van der Waals surface area contributed by atoms with Crippen molar-refractivity contribution >= 4 is 54.6 Å². The van der Waals surface area contributed by atoms with Gasteiger partial charge in [0, 0.05) is 33.7 Å². The van der Waals surface area contributed by atoms with Crippen LogP contribution in [0.3, 0.4) is 0 Å². The molecule has 5 nitrogen and oxygen atoms in total. The van der Waals surface area contributed by atoms with Gasteiger partial charge in [0.15, 0.2) is 15.0 Å². The molecular weight excluding hydrogens is 398 g/mol. The van der Waals surface area contributed by atoms with Crippen LogP contribution in [0.1, 0.15) is 23.0 Å². The summed E-state index contributed by atoms with van der Waals surface area (Å²) in [6.45, 7) is 0. The van der Waals surface area contributed by atoms with Crippen molar-refractivity contribution < 1.29 is 8.42 Å². The maximum atomic E-state index is 11.7. The molecule has 4 rings (SSSR count). The Morgan fingerprint density at radius 3 is 2.88 bits per heavy atom. The number of thiophene rings is 1. The number of hydrogen-bond acceptors (Lipinski definition) is 6. The van der Waals surface area contributed by atoms with E-state index < -0.39 is 9.84 Å². The third-order valence-electron chi connectivity index (χ3n) is 4.40. The molecule has 25 heavy (non-hydrogen) atoms. The molecule has 1 atom stereocenters. The lowest BCUT2D eigenvalue weighted by atomic mass is 10.1. The smallest absolute Gasteiger partial charge is 0.191 e. The van der Waals surface area contributed by atoms with Crippen LogP contribution in [0.25, 0.3) is 10.1 Å². The third-order valence-corrected chi connectivity index (χ3v) is 9.11. The van der Waals surface area contributed by atoms with Crippen LogP contribution in [0.2, 0.25) is 5.02 Å². The Labute approximate surface area is 159 Å². The number of halogens is 1. The van der Waals surface area contributed by atoms with Crippen LogP contribution in [0, 0.1) is 0 Å². The minimum absolute atomic E-state index is 0.0511. The molecule has 0 spiro atoms. The molecular formula is C16H16ClN3O2S3. The van der Waals surface area contributed by atoms with Crippen LogP contribution < -0.4 is 0 Å². The van der Waals surface area contributed by atoms with Crippen LogP contribution >= 0.6 is 34.7 Å². The van der Waals surface area contributed by atoms with Gasteiger partial charge in [-0.05, 0) is 12.5 Å². The second-order valence-corrected chi connectivity index (χ2v) is 10.8. The minimum Gasteiger partial charge on any atom is -0.309 e. The maximum Gasteiger partial charge on any atom is 0.191 e. The highest BCUT2D eigenvalue weighted by atomic mass is 35.5. The molecule has 1 aliphatic rings. The van der Waals surface area contributed by atoms with E-state index in [9.17, 15) is 8.42 Å². The first-order valence-electron chi connectivity index (χ1n) is 7.83. The zero-order chi connectivity index (χ0) is 17.6. The van der Waals surface area contributed by atoms with E-state index in [1.54, 1.807) is 23.1 Å². The van der Waals surface area contributed by atoms with E-state index in [2.05, 4.69) is 16.3 Å². The summed E-state index contributed by atoms with van der Waals surface area (Å²) in [5.41, 5.74) is 0. The fourth-order valence-electron chi connectivity index (χ4n) is 3.09. The number of benzene rings is 1. The molecule has 0 aliphatic carbocycles. The lowest BCUT2D eigenvalue weighted by molar-refractivity contribution is 0.599. The van der Waals surface area contributed by atoms with Crippen molar-refractivity contribution in [1.29, 1.82) is 0 Å². The lowest BCUT2D eigenvalue weighted by Gasteiger charge is -2.07. The van der Waals surface area contributed by atoms with Crippen molar-refractivity contribution in [1.82, 2.24) is 14.8 Å². The van der Waals surface area contributed by atoms with Gasteiger partial charge in [-0.2, -0.15) is 0 Å². The summed E-state index contributed by atoms with van der Waals surface area (Å²) in [6, 6.07) is 8.10. The molecule has 2 aromatic heterocycles. The molecule has 1 fully saturated rings. The predicted octanol–water partition coefficient (Wildman–Crippen LogP) is 3.88. The minimum atomic E-state index is -2.93. The highest BCUT2D eigenvalue weighted by molar-refractivity contribution is 7.98. The molecule has 9 heteroatoms. The highest BCUT2D eigenvalue weighted by Crippen LogP contribution is 2.38. The van der Waals surface area contributed by atoms with E-state index in [0.29, 0.717) is 12.2 Å². The second kappa shape index (κ2) is 6.57. The quantitative estimate of drug-likeness (QED) is 0.607. The van der Waals surface area contributed by atoms with E-state index in [-0.39, 0.29) is 17.4 Å². The lowest BCUT2D eigenvalue weighted by Crippen LogP contribution is -2.09. The van der Waals surface area contributed by atoms with E-state index in [4.69, 9.17) is 11.6 Å².